The van der Waals surface area contributed by atoms with Crippen LogP contribution in [0.5, 0.6) is 0 Å². The van der Waals surface area contributed by atoms with E-state index in [2.05, 4.69) is 4.90 Å². The quantitative estimate of drug-likeness (QED) is 0.697. The molecule has 17 heavy (non-hydrogen) atoms. The molecule has 6 heteroatoms. The average molecular weight is 244 g/mol. The molecule has 1 rings (SSSR count). The van der Waals surface area contributed by atoms with E-state index in [1.54, 1.807) is 6.92 Å². The second kappa shape index (κ2) is 6.56. The van der Waals surface area contributed by atoms with E-state index in [0.29, 0.717) is 13.1 Å². The third-order valence-corrected chi connectivity index (χ3v) is 2.99. The number of rotatable bonds is 5. The Morgan fingerprint density at radius 2 is 1.71 bits per heavy atom. The number of hydrogen-bond acceptors (Lipinski definition) is 4. The molecule has 1 aliphatic rings. The Hall–Kier alpha value is -1.14. The van der Waals surface area contributed by atoms with Crippen molar-refractivity contribution >= 4 is 11.9 Å². The Bertz CT molecular complexity index is 283. The molecule has 0 bridgehead atoms. The molecule has 2 N–H and O–H groups in total. The highest BCUT2D eigenvalue weighted by atomic mass is 16.4. The van der Waals surface area contributed by atoms with Crippen molar-refractivity contribution in [3.05, 3.63) is 0 Å². The van der Waals surface area contributed by atoms with E-state index < -0.39 is 11.9 Å². The van der Waals surface area contributed by atoms with E-state index in [1.165, 1.54) is 0 Å². The van der Waals surface area contributed by atoms with Crippen molar-refractivity contribution in [1.29, 1.82) is 0 Å². The van der Waals surface area contributed by atoms with Gasteiger partial charge in [-0.05, 0) is 13.0 Å². The standard InChI is InChI=1S/C11H20N2O4/c1-9(11(16)17)7-12-3-2-4-13(6-5-12)8-10(14)15/h9H,2-8H2,1H3,(H,14,15)(H,16,17). The van der Waals surface area contributed by atoms with Crippen LogP contribution in [-0.4, -0.2) is 71.2 Å². The number of aliphatic carboxylic acids is 2. The first-order valence-electron chi connectivity index (χ1n) is 5.88. The van der Waals surface area contributed by atoms with Gasteiger partial charge >= 0.3 is 11.9 Å². The summed E-state index contributed by atoms with van der Waals surface area (Å²) in [5.74, 6) is -1.96. The maximum atomic E-state index is 10.8. The van der Waals surface area contributed by atoms with Crippen molar-refractivity contribution in [3.8, 4) is 0 Å². The van der Waals surface area contributed by atoms with Gasteiger partial charge in [0.05, 0.1) is 12.5 Å². The fourth-order valence-corrected chi connectivity index (χ4v) is 2.02. The van der Waals surface area contributed by atoms with E-state index in [1.807, 2.05) is 4.90 Å². The third kappa shape index (κ3) is 5.14. The molecule has 6 nitrogen and oxygen atoms in total. The first-order chi connectivity index (χ1) is 7.99. The van der Waals surface area contributed by atoms with Gasteiger partial charge in [0.1, 0.15) is 0 Å². The maximum Gasteiger partial charge on any atom is 0.317 e. The number of carboxylic acids is 2. The minimum atomic E-state index is -0.808. The Kier molecular flexibility index (Phi) is 5.37. The van der Waals surface area contributed by atoms with Gasteiger partial charge in [-0.2, -0.15) is 0 Å². The van der Waals surface area contributed by atoms with Crippen LogP contribution in [0.4, 0.5) is 0 Å². The molecule has 0 aromatic carbocycles. The van der Waals surface area contributed by atoms with Crippen molar-refractivity contribution in [1.82, 2.24) is 9.80 Å². The van der Waals surface area contributed by atoms with Crippen LogP contribution < -0.4 is 0 Å². The Balaban J connectivity index is 2.37. The highest BCUT2D eigenvalue weighted by Crippen LogP contribution is 2.06. The van der Waals surface area contributed by atoms with Gasteiger partial charge in [-0.25, -0.2) is 0 Å². The Morgan fingerprint density at radius 1 is 1.12 bits per heavy atom. The predicted octanol–water partition coefficient (Wildman–Crippen LogP) is -0.201. The highest BCUT2D eigenvalue weighted by molar-refractivity contribution is 5.69. The molecule has 98 valence electrons. The van der Waals surface area contributed by atoms with Crippen LogP contribution in [-0.2, 0) is 9.59 Å². The summed E-state index contributed by atoms with van der Waals surface area (Å²) < 4.78 is 0. The van der Waals surface area contributed by atoms with Crippen LogP contribution in [0.25, 0.3) is 0 Å². The monoisotopic (exact) mass is 244 g/mol. The molecule has 1 unspecified atom stereocenters. The summed E-state index contributed by atoms with van der Waals surface area (Å²) in [4.78, 5) is 25.3. The van der Waals surface area contributed by atoms with E-state index in [0.717, 1.165) is 26.1 Å². The lowest BCUT2D eigenvalue weighted by Gasteiger charge is -2.22. The van der Waals surface area contributed by atoms with Gasteiger partial charge in [0, 0.05) is 26.2 Å². The fraction of sp³-hybridized carbons (Fsp3) is 0.818. The summed E-state index contributed by atoms with van der Waals surface area (Å²) in [6, 6.07) is 0. The number of carboxylic acid groups (broad SMARTS) is 2. The number of nitrogens with zero attached hydrogens (tertiary/aromatic N) is 2. The summed E-state index contributed by atoms with van der Waals surface area (Å²) >= 11 is 0. The topological polar surface area (TPSA) is 81.1 Å². The van der Waals surface area contributed by atoms with Crippen LogP contribution in [0.3, 0.4) is 0 Å². The molecule has 1 atom stereocenters. The molecule has 1 aliphatic heterocycles. The predicted molar refractivity (Wildman–Crippen MR) is 61.9 cm³/mol. The first kappa shape index (κ1) is 13.9. The van der Waals surface area contributed by atoms with Gasteiger partial charge in [-0.3, -0.25) is 14.5 Å². The second-order valence-electron chi connectivity index (χ2n) is 4.56. The summed E-state index contributed by atoms with van der Waals surface area (Å²) in [5.41, 5.74) is 0. The van der Waals surface area contributed by atoms with E-state index in [-0.39, 0.29) is 12.5 Å². The molecule has 1 saturated heterocycles. The fourth-order valence-electron chi connectivity index (χ4n) is 2.02. The van der Waals surface area contributed by atoms with Crippen LogP contribution >= 0.6 is 0 Å². The van der Waals surface area contributed by atoms with Crippen molar-refractivity contribution in [2.45, 2.75) is 13.3 Å². The first-order valence-corrected chi connectivity index (χ1v) is 5.88. The zero-order valence-electron chi connectivity index (χ0n) is 10.1. The van der Waals surface area contributed by atoms with Crippen LogP contribution in [0.15, 0.2) is 0 Å². The molecule has 0 saturated carbocycles. The average Bonchev–Trinajstić information content (AvgIpc) is 2.43. The largest absolute Gasteiger partial charge is 0.481 e. The molecule has 0 amide bonds. The van der Waals surface area contributed by atoms with E-state index in [9.17, 15) is 9.59 Å². The second-order valence-corrected chi connectivity index (χ2v) is 4.56. The van der Waals surface area contributed by atoms with E-state index in [4.69, 9.17) is 10.2 Å². The van der Waals surface area contributed by atoms with E-state index >= 15 is 0 Å². The molecule has 0 aliphatic carbocycles. The van der Waals surface area contributed by atoms with Gasteiger partial charge in [-0.15, -0.1) is 0 Å². The van der Waals surface area contributed by atoms with Gasteiger partial charge in [-0.1, -0.05) is 6.92 Å². The molecular formula is C11H20N2O4. The molecular weight excluding hydrogens is 224 g/mol. The van der Waals surface area contributed by atoms with Crippen molar-refractivity contribution in [2.75, 3.05) is 39.3 Å². The molecule has 1 fully saturated rings. The lowest BCUT2D eigenvalue weighted by molar-refractivity contribution is -0.141. The van der Waals surface area contributed by atoms with Crippen molar-refractivity contribution < 1.29 is 19.8 Å². The maximum absolute atomic E-state index is 10.8. The number of carbonyl (C=O) groups is 2. The van der Waals surface area contributed by atoms with Gasteiger partial charge in [0.2, 0.25) is 0 Å². The zero-order chi connectivity index (χ0) is 12.8. The molecule has 0 radical (unpaired) electrons. The summed E-state index contributed by atoms with van der Waals surface area (Å²) in [7, 11) is 0. The summed E-state index contributed by atoms with van der Waals surface area (Å²) in [5, 5.41) is 17.5. The number of hydrogen-bond donors (Lipinski definition) is 2. The molecule has 0 aromatic heterocycles. The van der Waals surface area contributed by atoms with Gasteiger partial charge in [0.15, 0.2) is 0 Å². The Morgan fingerprint density at radius 3 is 2.29 bits per heavy atom. The SMILES string of the molecule is CC(CN1CCCN(CC(=O)O)CC1)C(=O)O. The van der Waals surface area contributed by atoms with Crippen molar-refractivity contribution in [3.63, 3.8) is 0 Å². The van der Waals surface area contributed by atoms with Crippen LogP contribution in [0.2, 0.25) is 0 Å². The normalized spacial score (nSPS) is 20.8. The smallest absolute Gasteiger partial charge is 0.317 e. The molecule has 0 spiro atoms. The lowest BCUT2D eigenvalue weighted by Crippen LogP contribution is -2.36. The highest BCUT2D eigenvalue weighted by Gasteiger charge is 2.20. The van der Waals surface area contributed by atoms with Crippen LogP contribution in [0, 0.1) is 5.92 Å². The summed E-state index contributed by atoms with van der Waals surface area (Å²) in [6.45, 7) is 5.35. The van der Waals surface area contributed by atoms with Crippen LogP contribution in [0.1, 0.15) is 13.3 Å². The lowest BCUT2D eigenvalue weighted by atomic mass is 10.1. The zero-order valence-corrected chi connectivity index (χ0v) is 10.1. The van der Waals surface area contributed by atoms with Crippen molar-refractivity contribution in [2.24, 2.45) is 5.92 Å². The minimum Gasteiger partial charge on any atom is -0.481 e. The summed E-state index contributed by atoms with van der Waals surface area (Å²) in [6.07, 6.45) is 0.889. The Labute approximate surface area is 101 Å². The molecule has 0 aromatic rings. The van der Waals surface area contributed by atoms with Gasteiger partial charge < -0.3 is 15.1 Å². The minimum absolute atomic E-state index is 0.0718. The van der Waals surface area contributed by atoms with Gasteiger partial charge in [0.25, 0.3) is 0 Å². The third-order valence-electron chi connectivity index (χ3n) is 2.99. The molecule has 1 heterocycles.